The Balaban J connectivity index is 2.33. The molecule has 0 atom stereocenters. The zero-order valence-electron chi connectivity index (χ0n) is 18.1. The van der Waals surface area contributed by atoms with Crippen LogP contribution in [0.5, 0.6) is 11.5 Å². The monoisotopic (exact) mass is 451 g/mol. The summed E-state index contributed by atoms with van der Waals surface area (Å²) in [5.74, 6) is -2.28. The Kier molecular flexibility index (Phi) is 7.23. The first-order chi connectivity index (χ1) is 14.7. The maximum Gasteiger partial charge on any atom is 0.419 e. The summed E-state index contributed by atoms with van der Waals surface area (Å²) in [7, 11) is 1.57. The molecular formula is C23H24F3NO5. The molecule has 1 amide bonds. The number of esters is 1. The molecular weight excluding hydrogens is 427 g/mol. The second-order valence-electron chi connectivity index (χ2n) is 7.88. The molecule has 32 heavy (non-hydrogen) atoms. The first kappa shape index (κ1) is 24.8. The van der Waals surface area contributed by atoms with Gasteiger partial charge in [0.1, 0.15) is 29.3 Å². The van der Waals surface area contributed by atoms with Gasteiger partial charge in [0, 0.05) is 18.3 Å². The summed E-state index contributed by atoms with van der Waals surface area (Å²) in [6, 6.07) is 8.07. The van der Waals surface area contributed by atoms with E-state index in [2.05, 4.69) is 6.58 Å². The van der Waals surface area contributed by atoms with Crippen molar-refractivity contribution in [2.24, 2.45) is 0 Å². The SMILES string of the molecule is C=CC(=O)N(C)c1ccc(OCc2ccc(C(F)(F)F)c(O)c2C(=O)OC(C)(C)C)cc1. The Morgan fingerprint density at radius 1 is 1.09 bits per heavy atom. The first-order valence-electron chi connectivity index (χ1n) is 9.53. The van der Waals surface area contributed by atoms with Crippen molar-refractivity contribution < 1.29 is 37.3 Å². The fourth-order valence-corrected chi connectivity index (χ4v) is 2.73. The van der Waals surface area contributed by atoms with Gasteiger partial charge >= 0.3 is 12.1 Å². The molecule has 0 fully saturated rings. The Morgan fingerprint density at radius 3 is 2.19 bits per heavy atom. The van der Waals surface area contributed by atoms with Crippen molar-refractivity contribution in [1.29, 1.82) is 0 Å². The van der Waals surface area contributed by atoms with Gasteiger partial charge < -0.3 is 19.5 Å². The van der Waals surface area contributed by atoms with Crippen LogP contribution >= 0.6 is 0 Å². The van der Waals surface area contributed by atoms with Gasteiger partial charge in [0.15, 0.2) is 0 Å². The van der Waals surface area contributed by atoms with Crippen LogP contribution in [0, 0.1) is 0 Å². The highest BCUT2D eigenvalue weighted by molar-refractivity contribution is 6.00. The van der Waals surface area contributed by atoms with E-state index < -0.39 is 34.6 Å². The summed E-state index contributed by atoms with van der Waals surface area (Å²) in [6.07, 6.45) is -3.69. The molecule has 0 aliphatic carbocycles. The molecule has 0 aliphatic heterocycles. The molecule has 0 radical (unpaired) electrons. The quantitative estimate of drug-likeness (QED) is 0.489. The summed E-state index contributed by atoms with van der Waals surface area (Å²) < 4.78 is 50.4. The lowest BCUT2D eigenvalue weighted by Crippen LogP contribution is -2.25. The molecule has 2 aromatic rings. The van der Waals surface area contributed by atoms with Gasteiger partial charge in [-0.25, -0.2) is 4.79 Å². The van der Waals surface area contributed by atoms with E-state index in [0.717, 1.165) is 6.07 Å². The number of alkyl halides is 3. The number of carbonyl (C=O) groups excluding carboxylic acids is 2. The molecule has 6 nitrogen and oxygen atoms in total. The van der Waals surface area contributed by atoms with Crippen LogP contribution in [0.3, 0.4) is 0 Å². The van der Waals surface area contributed by atoms with E-state index >= 15 is 0 Å². The normalized spacial score (nSPS) is 11.6. The molecule has 0 saturated heterocycles. The van der Waals surface area contributed by atoms with E-state index in [9.17, 15) is 27.9 Å². The van der Waals surface area contributed by atoms with Gasteiger partial charge in [0.05, 0.1) is 5.56 Å². The third kappa shape index (κ3) is 6.03. The number of rotatable bonds is 6. The molecule has 2 rings (SSSR count). The lowest BCUT2D eigenvalue weighted by atomic mass is 10.0. The van der Waals surface area contributed by atoms with Gasteiger partial charge in [0.25, 0.3) is 0 Å². The van der Waals surface area contributed by atoms with E-state index in [1.54, 1.807) is 52.1 Å². The second kappa shape index (κ2) is 9.33. The van der Waals surface area contributed by atoms with Crippen molar-refractivity contribution in [2.45, 2.75) is 39.2 Å². The molecule has 0 heterocycles. The van der Waals surface area contributed by atoms with Crippen LogP contribution in [0.25, 0.3) is 0 Å². The minimum atomic E-state index is -4.86. The molecule has 172 valence electrons. The van der Waals surface area contributed by atoms with E-state index in [-0.39, 0.29) is 18.1 Å². The van der Waals surface area contributed by atoms with Crippen molar-refractivity contribution in [1.82, 2.24) is 0 Å². The van der Waals surface area contributed by atoms with Crippen LogP contribution in [0.1, 0.15) is 42.3 Å². The van der Waals surface area contributed by atoms with E-state index in [0.29, 0.717) is 17.5 Å². The third-order valence-electron chi connectivity index (χ3n) is 4.30. The number of benzene rings is 2. The number of likely N-dealkylation sites (N-methyl/N-ethyl adjacent to an activating group) is 1. The van der Waals surface area contributed by atoms with Crippen LogP contribution in [0.2, 0.25) is 0 Å². The van der Waals surface area contributed by atoms with Crippen LogP contribution in [0.15, 0.2) is 49.1 Å². The Hall–Kier alpha value is -3.49. The number of carbonyl (C=O) groups is 2. The highest BCUT2D eigenvalue weighted by Gasteiger charge is 2.37. The minimum absolute atomic E-state index is 0.0211. The average molecular weight is 451 g/mol. The molecule has 0 spiro atoms. The summed E-state index contributed by atoms with van der Waals surface area (Å²) in [4.78, 5) is 25.6. The standard InChI is InChI=1S/C23H24F3NO5/c1-6-18(28)27(5)15-8-10-16(11-9-15)31-13-14-7-12-17(23(24,25)26)20(29)19(14)21(30)32-22(2,3)4/h6-12,29H,1,13H2,2-5H3. The predicted molar refractivity (Wildman–Crippen MR) is 113 cm³/mol. The second-order valence-corrected chi connectivity index (χ2v) is 7.88. The molecule has 0 aliphatic rings. The molecule has 0 saturated carbocycles. The highest BCUT2D eigenvalue weighted by atomic mass is 19.4. The van der Waals surface area contributed by atoms with E-state index in [4.69, 9.17) is 9.47 Å². The maximum absolute atomic E-state index is 13.2. The van der Waals surface area contributed by atoms with Gasteiger partial charge in [0.2, 0.25) is 5.91 Å². The number of hydrogen-bond acceptors (Lipinski definition) is 5. The van der Waals surface area contributed by atoms with Crippen molar-refractivity contribution >= 4 is 17.6 Å². The average Bonchev–Trinajstić information content (AvgIpc) is 2.69. The molecule has 0 bridgehead atoms. The number of anilines is 1. The maximum atomic E-state index is 13.2. The number of nitrogens with zero attached hydrogens (tertiary/aromatic N) is 1. The van der Waals surface area contributed by atoms with E-state index in [1.807, 2.05) is 0 Å². The number of phenols is 1. The highest BCUT2D eigenvalue weighted by Crippen LogP contribution is 2.39. The molecule has 9 heteroatoms. The number of phenolic OH excluding ortho intramolecular Hbond substituents is 1. The number of halogens is 3. The van der Waals surface area contributed by atoms with Crippen molar-refractivity contribution in [3.05, 3.63) is 65.7 Å². The summed E-state index contributed by atoms with van der Waals surface area (Å²) in [5, 5.41) is 10.2. The Morgan fingerprint density at radius 2 is 1.69 bits per heavy atom. The number of amides is 1. The lowest BCUT2D eigenvalue weighted by Gasteiger charge is -2.22. The summed E-state index contributed by atoms with van der Waals surface area (Å²) in [5.41, 5.74) is -2.35. The minimum Gasteiger partial charge on any atom is -0.506 e. The molecule has 1 N–H and O–H groups in total. The first-order valence-corrected chi connectivity index (χ1v) is 9.53. The van der Waals surface area contributed by atoms with Gasteiger partial charge in [-0.15, -0.1) is 0 Å². The van der Waals surface area contributed by atoms with Crippen LogP contribution in [0.4, 0.5) is 18.9 Å². The zero-order valence-corrected chi connectivity index (χ0v) is 18.1. The Bertz CT molecular complexity index is 1010. The van der Waals surface area contributed by atoms with Gasteiger partial charge in [-0.3, -0.25) is 4.79 Å². The van der Waals surface area contributed by atoms with Crippen molar-refractivity contribution in [2.75, 3.05) is 11.9 Å². The van der Waals surface area contributed by atoms with Crippen LogP contribution in [-0.4, -0.2) is 29.6 Å². The lowest BCUT2D eigenvalue weighted by molar-refractivity contribution is -0.138. The van der Waals surface area contributed by atoms with Crippen molar-refractivity contribution in [3.8, 4) is 11.5 Å². The van der Waals surface area contributed by atoms with E-state index in [1.165, 1.54) is 11.0 Å². The van der Waals surface area contributed by atoms with Crippen LogP contribution in [-0.2, 0) is 22.3 Å². The summed E-state index contributed by atoms with van der Waals surface area (Å²) in [6.45, 7) is 7.78. The van der Waals surface area contributed by atoms with Crippen molar-refractivity contribution in [3.63, 3.8) is 0 Å². The Labute approximate surface area is 183 Å². The third-order valence-corrected chi connectivity index (χ3v) is 4.30. The summed E-state index contributed by atoms with van der Waals surface area (Å²) >= 11 is 0. The number of ether oxygens (including phenoxy) is 2. The predicted octanol–water partition coefficient (Wildman–Crippen LogP) is 5.09. The van der Waals surface area contributed by atoms with Crippen LogP contribution < -0.4 is 9.64 Å². The fraction of sp³-hybridized carbons (Fsp3) is 0.304. The van der Waals surface area contributed by atoms with Gasteiger partial charge in [-0.05, 0) is 57.2 Å². The zero-order chi connectivity index (χ0) is 24.3. The number of hydrogen-bond donors (Lipinski definition) is 1. The van der Waals surface area contributed by atoms with Gasteiger partial charge in [-0.2, -0.15) is 13.2 Å². The fourth-order valence-electron chi connectivity index (χ4n) is 2.73. The van der Waals surface area contributed by atoms with Gasteiger partial charge in [-0.1, -0.05) is 12.6 Å². The molecule has 0 unspecified atom stereocenters. The topological polar surface area (TPSA) is 76.1 Å². The smallest absolute Gasteiger partial charge is 0.419 e. The molecule has 0 aromatic heterocycles. The molecule has 2 aromatic carbocycles. The largest absolute Gasteiger partial charge is 0.506 e. The number of aromatic hydroxyl groups is 1.